The number of aromatic nitrogens is 3. The van der Waals surface area contributed by atoms with Gasteiger partial charge in [0.1, 0.15) is 0 Å². The molecule has 0 unspecified atom stereocenters. The summed E-state index contributed by atoms with van der Waals surface area (Å²) in [4.78, 5) is 20.7. The van der Waals surface area contributed by atoms with E-state index in [0.29, 0.717) is 12.2 Å². The second kappa shape index (κ2) is 5.41. The van der Waals surface area contributed by atoms with Crippen LogP contribution < -0.4 is 5.69 Å². The molecule has 0 saturated carbocycles. The Labute approximate surface area is 130 Å². The summed E-state index contributed by atoms with van der Waals surface area (Å²) in [5, 5.41) is 1.09. The Hall–Kier alpha value is -2.01. The van der Waals surface area contributed by atoms with Gasteiger partial charge in [-0.05, 0) is 41.9 Å². The zero-order chi connectivity index (χ0) is 15.0. The van der Waals surface area contributed by atoms with E-state index in [0.717, 1.165) is 26.8 Å². The second-order valence-corrected chi connectivity index (χ2v) is 5.75. The van der Waals surface area contributed by atoms with Crippen LogP contribution in [0.15, 0.2) is 45.7 Å². The molecular weight excluding hydrogens is 330 g/mol. The van der Waals surface area contributed by atoms with Gasteiger partial charge in [0.2, 0.25) is 0 Å². The molecule has 0 fully saturated rings. The topological polar surface area (TPSA) is 47.8 Å². The lowest BCUT2D eigenvalue weighted by molar-refractivity contribution is 0.677. The van der Waals surface area contributed by atoms with Crippen LogP contribution in [0.5, 0.6) is 0 Å². The van der Waals surface area contributed by atoms with Gasteiger partial charge in [0.05, 0.1) is 27.9 Å². The maximum Gasteiger partial charge on any atom is 0.348 e. The normalized spacial score (nSPS) is 11.0. The molecule has 21 heavy (non-hydrogen) atoms. The summed E-state index contributed by atoms with van der Waals surface area (Å²) < 4.78 is 2.50. The monoisotopic (exact) mass is 343 g/mol. The summed E-state index contributed by atoms with van der Waals surface area (Å²) in [6.07, 6.45) is 0. The zero-order valence-electron chi connectivity index (χ0n) is 11.8. The van der Waals surface area contributed by atoms with E-state index in [4.69, 9.17) is 0 Å². The fraction of sp³-hybridized carbons (Fsp3) is 0.188. The van der Waals surface area contributed by atoms with Gasteiger partial charge in [0, 0.05) is 11.1 Å². The Morgan fingerprint density at radius 1 is 1.10 bits per heavy atom. The highest BCUT2D eigenvalue weighted by molar-refractivity contribution is 9.10. The van der Waals surface area contributed by atoms with E-state index in [9.17, 15) is 4.79 Å². The summed E-state index contributed by atoms with van der Waals surface area (Å²) in [6.45, 7) is 4.14. The minimum atomic E-state index is -0.247. The van der Waals surface area contributed by atoms with Gasteiger partial charge in [0.25, 0.3) is 0 Å². The van der Waals surface area contributed by atoms with Crippen molar-refractivity contribution in [2.24, 2.45) is 0 Å². The van der Waals surface area contributed by atoms with Gasteiger partial charge in [0.15, 0.2) is 0 Å². The quantitative estimate of drug-likeness (QED) is 0.717. The van der Waals surface area contributed by atoms with Crippen molar-refractivity contribution in [1.29, 1.82) is 0 Å². The van der Waals surface area contributed by atoms with E-state index < -0.39 is 0 Å². The van der Waals surface area contributed by atoms with Crippen LogP contribution in [0.3, 0.4) is 0 Å². The molecule has 0 radical (unpaired) electrons. The average molecular weight is 344 g/mol. The van der Waals surface area contributed by atoms with Gasteiger partial charge in [-0.25, -0.2) is 4.79 Å². The highest BCUT2D eigenvalue weighted by Gasteiger charge is 2.10. The molecule has 0 aliphatic carbocycles. The van der Waals surface area contributed by atoms with Crippen LogP contribution in [0.25, 0.3) is 10.9 Å². The summed E-state index contributed by atoms with van der Waals surface area (Å²) in [7, 11) is 0. The van der Waals surface area contributed by atoms with Crippen LogP contribution in [-0.2, 0) is 6.54 Å². The molecule has 0 N–H and O–H groups in total. The number of aryl methyl sites for hydroxylation is 1. The van der Waals surface area contributed by atoms with Crippen molar-refractivity contribution < 1.29 is 0 Å². The summed E-state index contributed by atoms with van der Waals surface area (Å²) in [6, 6.07) is 11.9. The Bertz CT molecular complexity index is 886. The number of hydrogen-bond donors (Lipinski definition) is 0. The van der Waals surface area contributed by atoms with E-state index in [1.165, 1.54) is 0 Å². The number of para-hydroxylation sites is 1. The number of hydrogen-bond acceptors (Lipinski definition) is 3. The first-order valence-electron chi connectivity index (χ1n) is 6.64. The number of halogens is 1. The molecule has 5 heteroatoms. The van der Waals surface area contributed by atoms with Crippen LogP contribution in [-0.4, -0.2) is 14.5 Å². The second-order valence-electron chi connectivity index (χ2n) is 4.96. The minimum absolute atomic E-state index is 0.247. The lowest BCUT2D eigenvalue weighted by atomic mass is 10.2. The zero-order valence-corrected chi connectivity index (χ0v) is 13.4. The molecule has 0 aliphatic heterocycles. The maximum absolute atomic E-state index is 12.1. The molecule has 1 aromatic carbocycles. The molecule has 0 saturated heterocycles. The highest BCUT2D eigenvalue weighted by Crippen LogP contribution is 2.18. The van der Waals surface area contributed by atoms with Crippen LogP contribution in [0.2, 0.25) is 0 Å². The van der Waals surface area contributed by atoms with E-state index in [1.54, 1.807) is 4.57 Å². The van der Waals surface area contributed by atoms with Gasteiger partial charge in [-0.2, -0.15) is 4.98 Å². The molecule has 3 aromatic rings. The number of nitrogens with zero attached hydrogens (tertiary/aromatic N) is 3. The van der Waals surface area contributed by atoms with Crippen molar-refractivity contribution >= 4 is 26.8 Å². The van der Waals surface area contributed by atoms with Gasteiger partial charge >= 0.3 is 5.69 Å². The summed E-state index contributed by atoms with van der Waals surface area (Å²) in [5.74, 6) is 0. The van der Waals surface area contributed by atoms with E-state index in [2.05, 4.69) is 25.9 Å². The third-order valence-electron chi connectivity index (χ3n) is 3.51. The maximum atomic E-state index is 12.1. The van der Waals surface area contributed by atoms with E-state index >= 15 is 0 Å². The lowest BCUT2D eigenvalue weighted by Crippen LogP contribution is -2.27. The molecule has 106 valence electrons. The number of benzene rings is 1. The predicted molar refractivity (Wildman–Crippen MR) is 86.5 cm³/mol. The first-order chi connectivity index (χ1) is 10.1. The third-order valence-corrected chi connectivity index (χ3v) is 4.66. The van der Waals surface area contributed by atoms with Gasteiger partial charge in [-0.3, -0.25) is 9.55 Å². The summed E-state index contributed by atoms with van der Waals surface area (Å²) in [5.41, 5.74) is 3.10. The minimum Gasteiger partial charge on any atom is -0.289 e. The highest BCUT2D eigenvalue weighted by atomic mass is 79.9. The Balaban J connectivity index is 2.06. The molecule has 0 aliphatic rings. The first-order valence-corrected chi connectivity index (χ1v) is 7.44. The number of pyridine rings is 1. The molecule has 2 heterocycles. The summed E-state index contributed by atoms with van der Waals surface area (Å²) >= 11 is 3.47. The van der Waals surface area contributed by atoms with Crippen molar-refractivity contribution in [3.63, 3.8) is 0 Å². The van der Waals surface area contributed by atoms with Crippen molar-refractivity contribution in [3.8, 4) is 0 Å². The fourth-order valence-electron chi connectivity index (χ4n) is 2.32. The van der Waals surface area contributed by atoms with Gasteiger partial charge < -0.3 is 0 Å². The van der Waals surface area contributed by atoms with Crippen molar-refractivity contribution in [2.45, 2.75) is 20.4 Å². The predicted octanol–water partition coefficient (Wildman–Crippen LogP) is 3.22. The Morgan fingerprint density at radius 3 is 2.67 bits per heavy atom. The Morgan fingerprint density at radius 2 is 1.86 bits per heavy atom. The van der Waals surface area contributed by atoms with Gasteiger partial charge in [-0.1, -0.05) is 24.3 Å². The van der Waals surface area contributed by atoms with Crippen LogP contribution in [0.4, 0.5) is 0 Å². The average Bonchev–Trinajstić information content (AvgIpc) is 2.49. The van der Waals surface area contributed by atoms with Crippen LogP contribution in [0, 0.1) is 13.8 Å². The molecular formula is C16H14BrN3O. The molecule has 3 rings (SSSR count). The Kier molecular flexibility index (Phi) is 3.59. The fourth-order valence-corrected chi connectivity index (χ4v) is 2.62. The van der Waals surface area contributed by atoms with E-state index in [-0.39, 0.29) is 5.69 Å². The molecule has 0 amide bonds. The molecule has 2 aromatic heterocycles. The molecule has 0 bridgehead atoms. The van der Waals surface area contributed by atoms with Crippen molar-refractivity contribution in [3.05, 3.63) is 68.4 Å². The molecule has 4 nitrogen and oxygen atoms in total. The number of fused-ring (bicyclic) bond motifs is 1. The SMILES string of the molecule is Cc1nc(=O)n(Cc2ccc3ccccc3n2)c(C)c1Br. The molecule has 0 spiro atoms. The van der Waals surface area contributed by atoms with Crippen LogP contribution in [0.1, 0.15) is 17.1 Å². The molecule has 0 atom stereocenters. The first kappa shape index (κ1) is 13.9. The third kappa shape index (κ3) is 2.61. The number of rotatable bonds is 2. The van der Waals surface area contributed by atoms with E-state index in [1.807, 2.05) is 50.2 Å². The van der Waals surface area contributed by atoms with Crippen molar-refractivity contribution in [2.75, 3.05) is 0 Å². The van der Waals surface area contributed by atoms with Gasteiger partial charge in [-0.15, -0.1) is 0 Å². The van der Waals surface area contributed by atoms with Crippen LogP contribution >= 0.6 is 15.9 Å². The standard InChI is InChI=1S/C16H14BrN3O/c1-10-15(17)11(2)20(16(21)18-10)9-13-8-7-12-5-3-4-6-14(12)19-13/h3-8H,9H2,1-2H3. The van der Waals surface area contributed by atoms with Crippen molar-refractivity contribution in [1.82, 2.24) is 14.5 Å². The smallest absolute Gasteiger partial charge is 0.289 e. The largest absolute Gasteiger partial charge is 0.348 e. The lowest BCUT2D eigenvalue weighted by Gasteiger charge is -2.12.